The third-order valence-electron chi connectivity index (χ3n) is 3.56. The second-order valence-corrected chi connectivity index (χ2v) is 5.10. The van der Waals surface area contributed by atoms with Crippen LogP contribution < -0.4 is 5.32 Å². The van der Waals surface area contributed by atoms with Crippen molar-refractivity contribution in [2.45, 2.75) is 32.6 Å². The van der Waals surface area contributed by atoms with E-state index in [4.69, 9.17) is 0 Å². The van der Waals surface area contributed by atoms with Crippen molar-refractivity contribution < 1.29 is 4.39 Å². The summed E-state index contributed by atoms with van der Waals surface area (Å²) in [5.41, 5.74) is 0.877. The highest BCUT2D eigenvalue weighted by atomic mass is 19.1. The van der Waals surface area contributed by atoms with E-state index >= 15 is 0 Å². The quantitative estimate of drug-likeness (QED) is 0.714. The summed E-state index contributed by atoms with van der Waals surface area (Å²) in [4.78, 5) is 0. The lowest BCUT2D eigenvalue weighted by atomic mass is 9.94. The summed E-state index contributed by atoms with van der Waals surface area (Å²) in [6.07, 6.45) is 4.70. The summed E-state index contributed by atoms with van der Waals surface area (Å²) in [5.74, 6) is 1.38. The maximum Gasteiger partial charge on any atom is 0.126 e. The molecule has 0 radical (unpaired) electrons. The van der Waals surface area contributed by atoms with Crippen LogP contribution in [0.25, 0.3) is 0 Å². The van der Waals surface area contributed by atoms with Crippen molar-refractivity contribution in [1.82, 2.24) is 5.32 Å². The Morgan fingerprint density at radius 1 is 1.35 bits per heavy atom. The van der Waals surface area contributed by atoms with Crippen molar-refractivity contribution >= 4 is 0 Å². The van der Waals surface area contributed by atoms with Crippen LogP contribution in [-0.2, 0) is 6.42 Å². The van der Waals surface area contributed by atoms with Crippen LogP contribution in [0.2, 0.25) is 0 Å². The van der Waals surface area contributed by atoms with E-state index < -0.39 is 0 Å². The van der Waals surface area contributed by atoms with E-state index in [-0.39, 0.29) is 5.82 Å². The van der Waals surface area contributed by atoms with Gasteiger partial charge in [0, 0.05) is 0 Å². The molecule has 0 aliphatic heterocycles. The molecular weight excluding hydrogens is 213 g/mol. The minimum atomic E-state index is -0.0476. The Morgan fingerprint density at radius 2 is 2.12 bits per heavy atom. The molecule has 94 valence electrons. The average molecular weight is 235 g/mol. The first kappa shape index (κ1) is 12.6. The monoisotopic (exact) mass is 235 g/mol. The Morgan fingerprint density at radius 3 is 2.76 bits per heavy atom. The molecule has 0 amide bonds. The lowest BCUT2D eigenvalue weighted by molar-refractivity contribution is 0.417. The number of hydrogen-bond acceptors (Lipinski definition) is 1. The Bertz CT molecular complexity index is 347. The van der Waals surface area contributed by atoms with Gasteiger partial charge in [-0.25, -0.2) is 4.39 Å². The molecule has 2 rings (SSSR count). The zero-order chi connectivity index (χ0) is 12.1. The highest BCUT2D eigenvalue weighted by molar-refractivity contribution is 5.18. The first-order valence-corrected chi connectivity index (χ1v) is 6.75. The molecule has 0 heterocycles. The molecule has 0 aromatic heterocycles. The minimum Gasteiger partial charge on any atom is -0.316 e. The van der Waals surface area contributed by atoms with E-state index in [0.29, 0.717) is 5.92 Å². The van der Waals surface area contributed by atoms with E-state index in [2.05, 4.69) is 12.2 Å². The molecule has 1 saturated carbocycles. The third-order valence-corrected chi connectivity index (χ3v) is 3.56. The molecule has 17 heavy (non-hydrogen) atoms. The largest absolute Gasteiger partial charge is 0.316 e. The van der Waals surface area contributed by atoms with Gasteiger partial charge in [0.15, 0.2) is 0 Å². The number of halogens is 1. The number of rotatable bonds is 7. The summed E-state index contributed by atoms with van der Waals surface area (Å²) >= 11 is 0. The highest BCUT2D eigenvalue weighted by Gasteiger charge is 2.31. The van der Waals surface area contributed by atoms with E-state index in [1.54, 1.807) is 12.1 Å². The van der Waals surface area contributed by atoms with Crippen molar-refractivity contribution in [3.8, 4) is 0 Å². The van der Waals surface area contributed by atoms with Gasteiger partial charge in [0.05, 0.1) is 0 Å². The molecule has 1 aromatic carbocycles. The summed E-state index contributed by atoms with van der Waals surface area (Å²) < 4.78 is 13.6. The van der Waals surface area contributed by atoms with Crippen LogP contribution in [0.1, 0.15) is 31.7 Å². The second kappa shape index (κ2) is 6.15. The van der Waals surface area contributed by atoms with Crippen LogP contribution in [0.5, 0.6) is 0 Å². The van der Waals surface area contributed by atoms with Crippen LogP contribution in [0.4, 0.5) is 4.39 Å². The van der Waals surface area contributed by atoms with Gasteiger partial charge in [0.25, 0.3) is 0 Å². The first-order valence-electron chi connectivity index (χ1n) is 6.75. The van der Waals surface area contributed by atoms with Crippen LogP contribution in [-0.4, -0.2) is 13.1 Å². The van der Waals surface area contributed by atoms with Gasteiger partial charge < -0.3 is 5.32 Å². The Balaban J connectivity index is 1.91. The predicted molar refractivity (Wildman–Crippen MR) is 69.5 cm³/mol. The SMILES string of the molecule is CCCNCC(Cc1ccccc1F)C1CC1. The summed E-state index contributed by atoms with van der Waals surface area (Å²) in [6, 6.07) is 7.19. The van der Waals surface area contributed by atoms with Gasteiger partial charge in [0.2, 0.25) is 0 Å². The lowest BCUT2D eigenvalue weighted by Crippen LogP contribution is -2.26. The van der Waals surface area contributed by atoms with Crippen LogP contribution in [0.3, 0.4) is 0 Å². The van der Waals surface area contributed by atoms with Crippen molar-refractivity contribution in [3.63, 3.8) is 0 Å². The standard InChI is InChI=1S/C15H22FN/c1-2-9-17-11-14(12-7-8-12)10-13-5-3-4-6-15(13)16/h3-6,12,14,17H,2,7-11H2,1H3. The molecule has 1 nitrogen and oxygen atoms in total. The molecule has 1 N–H and O–H groups in total. The molecule has 1 fully saturated rings. The van der Waals surface area contributed by atoms with E-state index in [1.165, 1.54) is 12.8 Å². The van der Waals surface area contributed by atoms with Crippen molar-refractivity contribution in [2.24, 2.45) is 11.8 Å². The van der Waals surface area contributed by atoms with Gasteiger partial charge in [0.1, 0.15) is 5.82 Å². The van der Waals surface area contributed by atoms with Gasteiger partial charge in [-0.05, 0) is 62.2 Å². The molecule has 0 saturated heterocycles. The highest BCUT2D eigenvalue weighted by Crippen LogP contribution is 2.38. The van der Waals surface area contributed by atoms with Crippen molar-refractivity contribution in [2.75, 3.05) is 13.1 Å². The normalized spacial score (nSPS) is 17.1. The van der Waals surface area contributed by atoms with E-state index in [0.717, 1.165) is 37.4 Å². The van der Waals surface area contributed by atoms with Crippen LogP contribution in [0, 0.1) is 17.7 Å². The molecule has 1 unspecified atom stereocenters. The fraction of sp³-hybridized carbons (Fsp3) is 0.600. The Labute approximate surface area is 103 Å². The summed E-state index contributed by atoms with van der Waals surface area (Å²) in [7, 11) is 0. The van der Waals surface area contributed by atoms with Crippen molar-refractivity contribution in [1.29, 1.82) is 0 Å². The molecule has 1 aliphatic carbocycles. The fourth-order valence-electron chi connectivity index (χ4n) is 2.38. The first-order chi connectivity index (χ1) is 8.31. The molecule has 0 bridgehead atoms. The number of hydrogen-bond donors (Lipinski definition) is 1. The molecule has 1 atom stereocenters. The smallest absolute Gasteiger partial charge is 0.126 e. The van der Waals surface area contributed by atoms with Gasteiger partial charge in [-0.3, -0.25) is 0 Å². The zero-order valence-electron chi connectivity index (χ0n) is 10.6. The topological polar surface area (TPSA) is 12.0 Å². The maximum atomic E-state index is 13.6. The Hall–Kier alpha value is -0.890. The lowest BCUT2D eigenvalue weighted by Gasteiger charge is -2.17. The molecule has 1 aliphatic rings. The zero-order valence-corrected chi connectivity index (χ0v) is 10.6. The molecule has 2 heteroatoms. The van der Waals surface area contributed by atoms with Crippen molar-refractivity contribution in [3.05, 3.63) is 35.6 Å². The van der Waals surface area contributed by atoms with Gasteiger partial charge in [-0.2, -0.15) is 0 Å². The Kier molecular flexibility index (Phi) is 4.55. The van der Waals surface area contributed by atoms with Crippen LogP contribution >= 0.6 is 0 Å². The number of nitrogens with one attached hydrogen (secondary N) is 1. The van der Waals surface area contributed by atoms with Gasteiger partial charge >= 0.3 is 0 Å². The second-order valence-electron chi connectivity index (χ2n) is 5.10. The summed E-state index contributed by atoms with van der Waals surface area (Å²) in [6.45, 7) is 4.28. The molecule has 1 aromatic rings. The number of benzene rings is 1. The van der Waals surface area contributed by atoms with Gasteiger partial charge in [-0.1, -0.05) is 25.1 Å². The molecular formula is C15H22FN. The minimum absolute atomic E-state index is 0.0476. The summed E-state index contributed by atoms with van der Waals surface area (Å²) in [5, 5.41) is 3.47. The van der Waals surface area contributed by atoms with E-state index in [1.807, 2.05) is 12.1 Å². The van der Waals surface area contributed by atoms with Gasteiger partial charge in [-0.15, -0.1) is 0 Å². The fourth-order valence-corrected chi connectivity index (χ4v) is 2.38. The maximum absolute atomic E-state index is 13.6. The van der Waals surface area contributed by atoms with Crippen LogP contribution in [0.15, 0.2) is 24.3 Å². The predicted octanol–water partition coefficient (Wildman–Crippen LogP) is 3.39. The average Bonchev–Trinajstić information content (AvgIpc) is 3.15. The third kappa shape index (κ3) is 3.81. The van der Waals surface area contributed by atoms with E-state index in [9.17, 15) is 4.39 Å². The molecule has 0 spiro atoms.